The molecule has 0 aliphatic rings. The summed E-state index contributed by atoms with van der Waals surface area (Å²) >= 11 is 1.79. The molecule has 1 N–H and O–H groups in total. The molecule has 102 valence electrons. The quantitative estimate of drug-likeness (QED) is 0.876. The summed E-state index contributed by atoms with van der Waals surface area (Å²) in [7, 11) is 0. The smallest absolute Gasteiger partial charge is 0.138 e. The molecule has 0 fully saturated rings. The minimum Gasteiger partial charge on any atom is -0.486 e. The highest BCUT2D eigenvalue weighted by molar-refractivity contribution is 7.11. The molecule has 2 aromatic rings. The van der Waals surface area contributed by atoms with Crippen LogP contribution in [0.4, 0.5) is 0 Å². The molecule has 19 heavy (non-hydrogen) atoms. The zero-order chi connectivity index (χ0) is 13.7. The third-order valence-corrected chi connectivity index (χ3v) is 3.73. The van der Waals surface area contributed by atoms with Crippen LogP contribution in [-0.4, -0.2) is 11.0 Å². The van der Waals surface area contributed by atoms with Gasteiger partial charge in [-0.3, -0.25) is 4.98 Å². The second kappa shape index (κ2) is 6.68. The van der Waals surface area contributed by atoms with Crippen molar-refractivity contribution in [2.24, 2.45) is 0 Å². The summed E-state index contributed by atoms with van der Waals surface area (Å²) in [6.07, 6.45) is 1.77. The fourth-order valence-electron chi connectivity index (χ4n) is 1.59. The van der Waals surface area contributed by atoms with Crippen molar-refractivity contribution in [2.75, 3.05) is 0 Å². The van der Waals surface area contributed by atoms with E-state index in [9.17, 15) is 0 Å². The molecule has 0 amide bonds. The highest BCUT2D eigenvalue weighted by atomic mass is 32.1. The Kier molecular flexibility index (Phi) is 4.93. The third-order valence-electron chi connectivity index (χ3n) is 2.67. The van der Waals surface area contributed by atoms with Gasteiger partial charge in [-0.05, 0) is 31.2 Å². The predicted molar refractivity (Wildman–Crippen MR) is 79.6 cm³/mol. The number of rotatable bonds is 6. The summed E-state index contributed by atoms with van der Waals surface area (Å²) in [5, 5.41) is 3.41. The van der Waals surface area contributed by atoms with Crippen molar-refractivity contribution in [3.05, 3.63) is 45.9 Å². The summed E-state index contributed by atoms with van der Waals surface area (Å²) in [5.74, 6) is 0.820. The number of hydrogen-bond acceptors (Lipinski definition) is 4. The molecule has 0 saturated carbocycles. The van der Waals surface area contributed by atoms with Crippen LogP contribution < -0.4 is 10.1 Å². The summed E-state index contributed by atoms with van der Waals surface area (Å²) in [6, 6.07) is 8.72. The lowest BCUT2D eigenvalue weighted by Gasteiger charge is -2.05. The van der Waals surface area contributed by atoms with Gasteiger partial charge in [0, 0.05) is 28.0 Å². The van der Waals surface area contributed by atoms with E-state index in [1.165, 1.54) is 9.75 Å². The fraction of sp³-hybridized carbons (Fsp3) is 0.400. The molecule has 0 radical (unpaired) electrons. The van der Waals surface area contributed by atoms with Crippen molar-refractivity contribution >= 4 is 11.3 Å². The van der Waals surface area contributed by atoms with Crippen LogP contribution in [0.25, 0.3) is 0 Å². The van der Waals surface area contributed by atoms with Crippen LogP contribution >= 0.6 is 11.3 Å². The fourth-order valence-corrected chi connectivity index (χ4v) is 2.48. The number of hydrogen-bond donors (Lipinski definition) is 1. The molecule has 0 atom stereocenters. The first-order valence-electron chi connectivity index (χ1n) is 6.50. The van der Waals surface area contributed by atoms with Gasteiger partial charge in [0.05, 0.1) is 6.20 Å². The number of nitrogens with zero attached hydrogens (tertiary/aromatic N) is 1. The van der Waals surface area contributed by atoms with Gasteiger partial charge >= 0.3 is 0 Å². The zero-order valence-electron chi connectivity index (χ0n) is 11.6. The molecule has 2 heterocycles. The largest absolute Gasteiger partial charge is 0.486 e. The Labute approximate surface area is 118 Å². The van der Waals surface area contributed by atoms with Gasteiger partial charge in [0.2, 0.25) is 0 Å². The average molecular weight is 276 g/mol. The lowest BCUT2D eigenvalue weighted by Crippen LogP contribution is -2.21. The van der Waals surface area contributed by atoms with Crippen LogP contribution in [0, 0.1) is 6.92 Å². The molecule has 2 aromatic heterocycles. The Hall–Kier alpha value is -1.39. The Balaban J connectivity index is 1.84. The van der Waals surface area contributed by atoms with Crippen LogP contribution in [-0.2, 0) is 13.2 Å². The molecule has 0 aromatic carbocycles. The van der Waals surface area contributed by atoms with E-state index in [0.29, 0.717) is 12.6 Å². The number of pyridine rings is 1. The molecule has 0 unspecified atom stereocenters. The average Bonchev–Trinajstić information content (AvgIpc) is 2.84. The summed E-state index contributed by atoms with van der Waals surface area (Å²) < 4.78 is 5.71. The van der Waals surface area contributed by atoms with Gasteiger partial charge in [0.15, 0.2) is 0 Å². The summed E-state index contributed by atoms with van der Waals surface area (Å²) in [6.45, 7) is 7.81. The Bertz CT molecular complexity index is 505. The molecular weight excluding hydrogens is 256 g/mol. The van der Waals surface area contributed by atoms with E-state index in [1.54, 1.807) is 17.5 Å². The van der Waals surface area contributed by atoms with Gasteiger partial charge in [-0.15, -0.1) is 11.3 Å². The van der Waals surface area contributed by atoms with Crippen molar-refractivity contribution in [3.63, 3.8) is 0 Å². The maximum atomic E-state index is 5.71. The summed E-state index contributed by atoms with van der Waals surface area (Å²) in [5.41, 5.74) is 1.01. The van der Waals surface area contributed by atoms with Gasteiger partial charge in [-0.25, -0.2) is 0 Å². The second-order valence-corrected chi connectivity index (χ2v) is 6.08. The third kappa shape index (κ3) is 4.65. The molecule has 4 heteroatoms. The molecule has 0 spiro atoms. The van der Waals surface area contributed by atoms with Crippen molar-refractivity contribution < 1.29 is 4.74 Å². The highest BCUT2D eigenvalue weighted by Crippen LogP contribution is 2.19. The predicted octanol–water partition coefficient (Wildman–Crippen LogP) is 3.53. The molecular formula is C15H20N2OS. The first-order valence-corrected chi connectivity index (χ1v) is 7.31. The van der Waals surface area contributed by atoms with Crippen LogP contribution in [0.2, 0.25) is 0 Å². The van der Waals surface area contributed by atoms with Gasteiger partial charge in [0.1, 0.15) is 12.4 Å². The van der Waals surface area contributed by atoms with E-state index in [-0.39, 0.29) is 0 Å². The Morgan fingerprint density at radius 3 is 2.68 bits per heavy atom. The number of nitrogens with one attached hydrogen (secondary N) is 1. The van der Waals surface area contributed by atoms with Crippen LogP contribution in [0.15, 0.2) is 30.5 Å². The normalized spacial score (nSPS) is 10.9. The number of ether oxygens (including phenoxy) is 1. The molecule has 3 nitrogen and oxygen atoms in total. The minimum atomic E-state index is 0.514. The molecule has 0 aliphatic carbocycles. The number of aromatic nitrogens is 1. The second-order valence-electron chi connectivity index (χ2n) is 4.83. The maximum absolute atomic E-state index is 5.71. The highest BCUT2D eigenvalue weighted by Gasteiger charge is 2.02. The Morgan fingerprint density at radius 1 is 1.21 bits per heavy atom. The molecule has 2 rings (SSSR count). The van der Waals surface area contributed by atoms with Gasteiger partial charge < -0.3 is 10.1 Å². The molecule has 0 aliphatic heterocycles. The zero-order valence-corrected chi connectivity index (χ0v) is 12.5. The van der Waals surface area contributed by atoms with E-state index in [1.807, 2.05) is 19.1 Å². The minimum absolute atomic E-state index is 0.514. The SMILES string of the molecule is Cc1ccc(OCc2ccc(CNC(C)C)s2)cn1. The molecule has 0 saturated heterocycles. The van der Waals surface area contributed by atoms with E-state index in [4.69, 9.17) is 4.74 Å². The van der Waals surface area contributed by atoms with Crippen molar-refractivity contribution in [1.29, 1.82) is 0 Å². The number of thiophene rings is 1. The van der Waals surface area contributed by atoms with Gasteiger partial charge in [0.25, 0.3) is 0 Å². The van der Waals surface area contributed by atoms with E-state index < -0.39 is 0 Å². The van der Waals surface area contributed by atoms with Gasteiger partial charge in [-0.2, -0.15) is 0 Å². The Morgan fingerprint density at radius 2 is 2.00 bits per heavy atom. The van der Waals surface area contributed by atoms with Gasteiger partial charge in [-0.1, -0.05) is 13.8 Å². The lowest BCUT2D eigenvalue weighted by molar-refractivity contribution is 0.308. The first-order chi connectivity index (χ1) is 9.13. The maximum Gasteiger partial charge on any atom is 0.138 e. The number of aryl methyl sites for hydroxylation is 1. The summed E-state index contributed by atoms with van der Waals surface area (Å²) in [4.78, 5) is 6.79. The van der Waals surface area contributed by atoms with E-state index >= 15 is 0 Å². The van der Waals surface area contributed by atoms with Crippen LogP contribution in [0.3, 0.4) is 0 Å². The van der Waals surface area contributed by atoms with Crippen molar-refractivity contribution in [2.45, 2.75) is 40.0 Å². The standard InChI is InChI=1S/C15H20N2OS/c1-11(2)16-9-14-6-7-15(19-14)10-18-13-5-4-12(3)17-8-13/h4-8,11,16H,9-10H2,1-3H3. The van der Waals surface area contributed by atoms with Crippen molar-refractivity contribution in [3.8, 4) is 5.75 Å². The van der Waals surface area contributed by atoms with E-state index in [2.05, 4.69) is 36.3 Å². The van der Waals surface area contributed by atoms with Crippen LogP contribution in [0.5, 0.6) is 5.75 Å². The topological polar surface area (TPSA) is 34.1 Å². The van der Waals surface area contributed by atoms with Crippen LogP contribution in [0.1, 0.15) is 29.3 Å². The monoisotopic (exact) mass is 276 g/mol. The van der Waals surface area contributed by atoms with E-state index in [0.717, 1.165) is 18.0 Å². The molecule has 0 bridgehead atoms. The van der Waals surface area contributed by atoms with Crippen molar-refractivity contribution in [1.82, 2.24) is 10.3 Å². The lowest BCUT2D eigenvalue weighted by atomic mass is 10.3. The first kappa shape index (κ1) is 14.0.